The van der Waals surface area contributed by atoms with Gasteiger partial charge < -0.3 is 9.32 Å². The van der Waals surface area contributed by atoms with E-state index < -0.39 is 0 Å². The first-order valence-electron chi connectivity index (χ1n) is 8.10. The summed E-state index contributed by atoms with van der Waals surface area (Å²) in [7, 11) is 1.81. The van der Waals surface area contributed by atoms with Gasteiger partial charge in [-0.1, -0.05) is 41.9 Å². The first-order valence-corrected chi connectivity index (χ1v) is 8.48. The Bertz CT molecular complexity index is 828. The fourth-order valence-corrected chi connectivity index (χ4v) is 2.65. The van der Waals surface area contributed by atoms with Crippen molar-refractivity contribution < 1.29 is 9.21 Å². The predicted molar refractivity (Wildman–Crippen MR) is 98.2 cm³/mol. The molecular weight excluding hydrogens is 336 g/mol. The molecule has 0 fully saturated rings. The number of hydrogen-bond donors (Lipinski definition) is 0. The van der Waals surface area contributed by atoms with E-state index >= 15 is 0 Å². The van der Waals surface area contributed by atoms with Crippen molar-refractivity contribution in [2.45, 2.75) is 19.4 Å². The van der Waals surface area contributed by atoms with E-state index in [0.29, 0.717) is 36.1 Å². The maximum atomic E-state index is 12.3. The van der Waals surface area contributed by atoms with Crippen molar-refractivity contribution in [1.82, 2.24) is 9.88 Å². The molecule has 0 saturated heterocycles. The molecule has 5 heteroatoms. The second-order valence-corrected chi connectivity index (χ2v) is 6.30. The quantitative estimate of drug-likeness (QED) is 0.650. The van der Waals surface area contributed by atoms with Gasteiger partial charge in [-0.25, -0.2) is 4.98 Å². The van der Waals surface area contributed by atoms with Crippen LogP contribution in [0.2, 0.25) is 5.02 Å². The summed E-state index contributed by atoms with van der Waals surface area (Å²) in [6.07, 6.45) is 2.52. The summed E-state index contributed by atoms with van der Waals surface area (Å²) < 4.78 is 5.73. The Kier molecular flexibility index (Phi) is 5.51. The SMILES string of the molecule is CN(Cc1ccccc1)C(=O)CCc1ncc(-c2ccc(Cl)cc2)o1. The highest BCUT2D eigenvalue weighted by Gasteiger charge is 2.12. The van der Waals surface area contributed by atoms with Gasteiger partial charge >= 0.3 is 0 Å². The maximum absolute atomic E-state index is 12.3. The molecule has 4 nitrogen and oxygen atoms in total. The molecule has 128 valence electrons. The highest BCUT2D eigenvalue weighted by Crippen LogP contribution is 2.22. The molecule has 0 N–H and O–H groups in total. The molecule has 0 bridgehead atoms. The Morgan fingerprint density at radius 3 is 2.56 bits per heavy atom. The Labute approximate surface area is 152 Å². The minimum absolute atomic E-state index is 0.0649. The van der Waals surface area contributed by atoms with Crippen LogP contribution in [0, 0.1) is 0 Å². The molecule has 0 atom stereocenters. The zero-order chi connectivity index (χ0) is 17.6. The number of hydrogen-bond acceptors (Lipinski definition) is 3. The van der Waals surface area contributed by atoms with E-state index in [0.717, 1.165) is 11.1 Å². The predicted octanol–water partition coefficient (Wildman–Crippen LogP) is 4.59. The first-order chi connectivity index (χ1) is 12.1. The molecule has 0 unspecified atom stereocenters. The number of carbonyl (C=O) groups excluding carboxylic acids is 1. The van der Waals surface area contributed by atoms with Crippen LogP contribution < -0.4 is 0 Å². The Balaban J connectivity index is 1.54. The summed E-state index contributed by atoms with van der Waals surface area (Å²) in [5.74, 6) is 1.30. The molecule has 25 heavy (non-hydrogen) atoms. The average molecular weight is 355 g/mol. The molecule has 3 rings (SSSR count). The van der Waals surface area contributed by atoms with E-state index in [-0.39, 0.29) is 5.91 Å². The van der Waals surface area contributed by atoms with Gasteiger partial charge in [-0.2, -0.15) is 0 Å². The number of rotatable bonds is 6. The van der Waals surface area contributed by atoms with Gasteiger partial charge in [0.25, 0.3) is 0 Å². The number of halogens is 1. The lowest BCUT2D eigenvalue weighted by molar-refractivity contribution is -0.130. The van der Waals surface area contributed by atoms with Crippen LogP contribution in [0.25, 0.3) is 11.3 Å². The second kappa shape index (κ2) is 7.99. The minimum atomic E-state index is 0.0649. The van der Waals surface area contributed by atoms with Crippen LogP contribution in [0.5, 0.6) is 0 Å². The third-order valence-electron chi connectivity index (χ3n) is 3.92. The third-order valence-corrected chi connectivity index (χ3v) is 4.18. The van der Waals surface area contributed by atoms with Crippen molar-refractivity contribution in [1.29, 1.82) is 0 Å². The topological polar surface area (TPSA) is 46.3 Å². The lowest BCUT2D eigenvalue weighted by atomic mass is 10.2. The van der Waals surface area contributed by atoms with Crippen LogP contribution in [0.1, 0.15) is 17.9 Å². The fraction of sp³-hybridized carbons (Fsp3) is 0.200. The van der Waals surface area contributed by atoms with Crippen molar-refractivity contribution in [3.05, 3.63) is 77.3 Å². The van der Waals surface area contributed by atoms with Gasteiger partial charge in [-0.05, 0) is 29.8 Å². The van der Waals surface area contributed by atoms with Crippen LogP contribution in [-0.2, 0) is 17.8 Å². The summed E-state index contributed by atoms with van der Waals surface area (Å²) in [4.78, 5) is 18.3. The highest BCUT2D eigenvalue weighted by molar-refractivity contribution is 6.30. The average Bonchev–Trinajstić information content (AvgIpc) is 3.10. The van der Waals surface area contributed by atoms with E-state index in [9.17, 15) is 4.79 Å². The van der Waals surface area contributed by atoms with Crippen LogP contribution in [0.15, 0.2) is 65.2 Å². The lowest BCUT2D eigenvalue weighted by Gasteiger charge is -2.16. The summed E-state index contributed by atoms with van der Waals surface area (Å²) in [5, 5.41) is 0.676. The van der Waals surface area contributed by atoms with Gasteiger partial charge in [0.15, 0.2) is 11.7 Å². The summed E-state index contributed by atoms with van der Waals surface area (Å²) in [6, 6.07) is 17.3. The molecule has 1 amide bonds. The Morgan fingerprint density at radius 2 is 1.84 bits per heavy atom. The van der Waals surface area contributed by atoms with Gasteiger partial charge in [0, 0.05) is 37.0 Å². The number of amides is 1. The third kappa shape index (κ3) is 4.70. The molecule has 3 aromatic rings. The van der Waals surface area contributed by atoms with Crippen LogP contribution in [0.4, 0.5) is 0 Å². The zero-order valence-corrected chi connectivity index (χ0v) is 14.7. The Morgan fingerprint density at radius 1 is 1.12 bits per heavy atom. The van der Waals surface area contributed by atoms with Crippen molar-refractivity contribution >= 4 is 17.5 Å². The molecule has 0 spiro atoms. The fourth-order valence-electron chi connectivity index (χ4n) is 2.52. The number of aromatic nitrogens is 1. The smallest absolute Gasteiger partial charge is 0.223 e. The van der Waals surface area contributed by atoms with Gasteiger partial charge in [-0.15, -0.1) is 0 Å². The van der Waals surface area contributed by atoms with E-state index in [1.807, 2.05) is 49.5 Å². The molecule has 1 heterocycles. The van der Waals surface area contributed by atoms with E-state index in [1.165, 1.54) is 0 Å². The van der Waals surface area contributed by atoms with Gasteiger partial charge in [0.1, 0.15) is 0 Å². The second-order valence-electron chi connectivity index (χ2n) is 5.86. The number of nitrogens with zero attached hydrogens (tertiary/aromatic N) is 2. The molecule has 0 aliphatic carbocycles. The van der Waals surface area contributed by atoms with Crippen LogP contribution in [-0.4, -0.2) is 22.8 Å². The lowest BCUT2D eigenvalue weighted by Crippen LogP contribution is -2.26. The molecule has 0 aliphatic heterocycles. The highest BCUT2D eigenvalue weighted by atomic mass is 35.5. The number of benzene rings is 2. The normalized spacial score (nSPS) is 10.6. The van der Waals surface area contributed by atoms with Crippen LogP contribution >= 0.6 is 11.6 Å². The van der Waals surface area contributed by atoms with Gasteiger partial charge in [0.2, 0.25) is 5.91 Å². The van der Waals surface area contributed by atoms with Crippen molar-refractivity contribution in [3.63, 3.8) is 0 Å². The largest absolute Gasteiger partial charge is 0.441 e. The van der Waals surface area contributed by atoms with Crippen molar-refractivity contribution in [3.8, 4) is 11.3 Å². The minimum Gasteiger partial charge on any atom is -0.441 e. The number of oxazole rings is 1. The number of aryl methyl sites for hydroxylation is 1. The van der Waals surface area contributed by atoms with E-state index in [4.69, 9.17) is 16.0 Å². The van der Waals surface area contributed by atoms with Gasteiger partial charge in [-0.3, -0.25) is 4.79 Å². The summed E-state index contributed by atoms with van der Waals surface area (Å²) in [5.41, 5.74) is 2.02. The number of carbonyl (C=O) groups is 1. The summed E-state index contributed by atoms with van der Waals surface area (Å²) >= 11 is 5.89. The molecule has 0 aliphatic rings. The Hall–Kier alpha value is -2.59. The van der Waals surface area contributed by atoms with Crippen molar-refractivity contribution in [2.75, 3.05) is 7.05 Å². The van der Waals surface area contributed by atoms with E-state index in [1.54, 1.807) is 23.2 Å². The molecule has 1 aromatic heterocycles. The maximum Gasteiger partial charge on any atom is 0.223 e. The standard InChI is InChI=1S/C20H19ClN2O2/c1-23(14-15-5-3-2-4-6-15)20(24)12-11-19-22-13-18(25-19)16-7-9-17(21)10-8-16/h2-10,13H,11-12,14H2,1H3. The monoisotopic (exact) mass is 354 g/mol. The summed E-state index contributed by atoms with van der Waals surface area (Å²) in [6.45, 7) is 0.598. The molecule has 0 radical (unpaired) electrons. The van der Waals surface area contributed by atoms with Crippen molar-refractivity contribution in [2.24, 2.45) is 0 Å². The molecule has 2 aromatic carbocycles. The van der Waals surface area contributed by atoms with Crippen LogP contribution in [0.3, 0.4) is 0 Å². The molecular formula is C20H19ClN2O2. The first kappa shape index (κ1) is 17.2. The molecule has 0 saturated carbocycles. The van der Waals surface area contributed by atoms with Gasteiger partial charge in [0.05, 0.1) is 6.20 Å². The zero-order valence-electron chi connectivity index (χ0n) is 14.0. The van der Waals surface area contributed by atoms with E-state index in [2.05, 4.69) is 4.98 Å².